The summed E-state index contributed by atoms with van der Waals surface area (Å²) < 4.78 is 13.4. The molecule has 3 N–H and O–H groups in total. The Morgan fingerprint density at radius 2 is 2.14 bits per heavy atom. The molecule has 1 aliphatic rings. The van der Waals surface area contributed by atoms with E-state index in [0.717, 1.165) is 19.4 Å². The Kier molecular flexibility index (Phi) is 5.89. The number of rotatable bonds is 6. The minimum atomic E-state index is -0.301. The van der Waals surface area contributed by atoms with Gasteiger partial charge in [-0.25, -0.2) is 4.39 Å². The fourth-order valence-electron chi connectivity index (χ4n) is 2.73. The summed E-state index contributed by atoms with van der Waals surface area (Å²) in [6.45, 7) is 1.98. The monoisotopic (exact) mass is 307 g/mol. The number of hydrogen-bond acceptors (Lipinski definition) is 3. The second-order valence-corrected chi connectivity index (χ2v) is 5.67. The number of halogens is 1. The predicted molar refractivity (Wildman–Crippen MR) is 81.5 cm³/mol. The summed E-state index contributed by atoms with van der Waals surface area (Å²) in [4.78, 5) is 25.0. The van der Waals surface area contributed by atoms with E-state index in [0.29, 0.717) is 25.1 Å². The van der Waals surface area contributed by atoms with Crippen LogP contribution < -0.4 is 11.1 Å². The number of piperidine rings is 1. The summed E-state index contributed by atoms with van der Waals surface area (Å²) in [5.74, 6) is -0.830. The lowest BCUT2D eigenvalue weighted by atomic mass is 9.97. The number of nitrogens with one attached hydrogen (secondary N) is 1. The average Bonchev–Trinajstić information content (AvgIpc) is 2.49. The highest BCUT2D eigenvalue weighted by Crippen LogP contribution is 2.15. The van der Waals surface area contributed by atoms with Crippen LogP contribution in [0.4, 0.5) is 4.39 Å². The van der Waals surface area contributed by atoms with Crippen molar-refractivity contribution in [3.63, 3.8) is 0 Å². The van der Waals surface area contributed by atoms with Crippen molar-refractivity contribution >= 4 is 11.8 Å². The maximum atomic E-state index is 13.4. The van der Waals surface area contributed by atoms with Gasteiger partial charge in [0, 0.05) is 13.1 Å². The van der Waals surface area contributed by atoms with Crippen LogP contribution in [0.3, 0.4) is 0 Å². The van der Waals surface area contributed by atoms with Crippen LogP contribution in [-0.2, 0) is 16.0 Å². The molecule has 2 rings (SSSR count). The number of nitrogens with two attached hydrogens (primary N) is 1. The Labute approximate surface area is 129 Å². The topological polar surface area (TPSA) is 75.4 Å². The van der Waals surface area contributed by atoms with E-state index < -0.39 is 0 Å². The molecule has 1 aromatic rings. The molecule has 0 radical (unpaired) electrons. The van der Waals surface area contributed by atoms with Crippen LogP contribution in [0.2, 0.25) is 0 Å². The maximum Gasteiger partial charge on any atom is 0.234 e. The van der Waals surface area contributed by atoms with Crippen molar-refractivity contribution in [2.45, 2.75) is 19.3 Å². The Morgan fingerprint density at radius 1 is 1.36 bits per heavy atom. The van der Waals surface area contributed by atoms with Crippen LogP contribution in [0, 0.1) is 11.7 Å². The molecule has 0 aliphatic carbocycles. The fourth-order valence-corrected chi connectivity index (χ4v) is 2.73. The molecule has 1 aliphatic heterocycles. The van der Waals surface area contributed by atoms with Crippen LogP contribution in [0.25, 0.3) is 0 Å². The number of benzene rings is 1. The summed E-state index contributed by atoms with van der Waals surface area (Å²) in [5.41, 5.74) is 5.91. The number of nitrogens with zero attached hydrogens (tertiary/aromatic N) is 1. The zero-order valence-electron chi connectivity index (χ0n) is 12.6. The highest BCUT2D eigenvalue weighted by molar-refractivity contribution is 5.79. The van der Waals surface area contributed by atoms with Gasteiger partial charge in [-0.05, 0) is 37.4 Å². The molecule has 0 aromatic heterocycles. The van der Waals surface area contributed by atoms with E-state index in [1.165, 1.54) is 6.07 Å². The Balaban J connectivity index is 1.72. The Bertz CT molecular complexity index is 536. The summed E-state index contributed by atoms with van der Waals surface area (Å²) in [6.07, 6.45) is 2.12. The van der Waals surface area contributed by atoms with E-state index in [2.05, 4.69) is 5.32 Å². The predicted octanol–water partition coefficient (Wildman–Crippen LogP) is 0.682. The standard InChI is InChI=1S/C16H22FN3O2/c17-14-6-2-1-4-12(14)7-8-19-15(21)11-20-9-3-5-13(10-20)16(18)22/h1-2,4,6,13H,3,5,7-11H2,(H2,18,22)(H,19,21)/t13-/m1/s1. The normalized spacial score (nSPS) is 18.9. The van der Waals surface area contributed by atoms with E-state index >= 15 is 0 Å². The summed E-state index contributed by atoms with van der Waals surface area (Å²) >= 11 is 0. The second kappa shape index (κ2) is 7.89. The molecule has 0 bridgehead atoms. The Hall–Kier alpha value is -1.95. The fraction of sp³-hybridized carbons (Fsp3) is 0.500. The molecule has 1 heterocycles. The highest BCUT2D eigenvalue weighted by Gasteiger charge is 2.24. The molecular weight excluding hydrogens is 285 g/mol. The molecule has 0 saturated carbocycles. The molecule has 1 saturated heterocycles. The van der Waals surface area contributed by atoms with Crippen molar-refractivity contribution in [3.8, 4) is 0 Å². The van der Waals surface area contributed by atoms with Gasteiger partial charge < -0.3 is 11.1 Å². The van der Waals surface area contributed by atoms with Gasteiger partial charge in [0.05, 0.1) is 12.5 Å². The van der Waals surface area contributed by atoms with Crippen molar-refractivity contribution in [1.82, 2.24) is 10.2 Å². The van der Waals surface area contributed by atoms with Crippen LogP contribution in [0.1, 0.15) is 18.4 Å². The minimum Gasteiger partial charge on any atom is -0.369 e. The lowest BCUT2D eigenvalue weighted by Gasteiger charge is -2.30. The summed E-state index contributed by atoms with van der Waals surface area (Å²) in [7, 11) is 0. The molecule has 5 nitrogen and oxygen atoms in total. The van der Waals surface area contributed by atoms with E-state index in [1.54, 1.807) is 18.2 Å². The summed E-state index contributed by atoms with van der Waals surface area (Å²) in [6, 6.07) is 6.54. The third-order valence-corrected chi connectivity index (χ3v) is 3.95. The first-order valence-electron chi connectivity index (χ1n) is 7.58. The molecular formula is C16H22FN3O2. The van der Waals surface area contributed by atoms with Crippen LogP contribution in [0.5, 0.6) is 0 Å². The van der Waals surface area contributed by atoms with Crippen LogP contribution >= 0.6 is 0 Å². The average molecular weight is 307 g/mol. The largest absolute Gasteiger partial charge is 0.369 e. The molecule has 2 amide bonds. The van der Waals surface area contributed by atoms with Gasteiger partial charge in [-0.15, -0.1) is 0 Å². The zero-order chi connectivity index (χ0) is 15.9. The van der Waals surface area contributed by atoms with E-state index in [-0.39, 0.29) is 30.1 Å². The number of primary amides is 1. The first-order chi connectivity index (χ1) is 10.6. The van der Waals surface area contributed by atoms with Crippen molar-refractivity contribution in [2.24, 2.45) is 11.7 Å². The van der Waals surface area contributed by atoms with Crippen LogP contribution in [-0.4, -0.2) is 42.9 Å². The summed E-state index contributed by atoms with van der Waals surface area (Å²) in [5, 5.41) is 2.79. The lowest BCUT2D eigenvalue weighted by Crippen LogP contribution is -2.45. The number of hydrogen-bond donors (Lipinski definition) is 2. The van der Waals surface area contributed by atoms with Gasteiger partial charge in [-0.2, -0.15) is 0 Å². The van der Waals surface area contributed by atoms with Gasteiger partial charge in [0.25, 0.3) is 0 Å². The number of carbonyl (C=O) groups excluding carboxylic acids is 2. The minimum absolute atomic E-state index is 0.110. The van der Waals surface area contributed by atoms with Gasteiger partial charge in [0.1, 0.15) is 5.82 Å². The molecule has 1 atom stereocenters. The SMILES string of the molecule is NC(=O)[C@@H]1CCCN(CC(=O)NCCc2ccccc2F)C1. The Morgan fingerprint density at radius 3 is 2.86 bits per heavy atom. The second-order valence-electron chi connectivity index (χ2n) is 5.67. The van der Waals surface area contributed by atoms with Crippen LogP contribution in [0.15, 0.2) is 24.3 Å². The van der Waals surface area contributed by atoms with Gasteiger partial charge in [-0.1, -0.05) is 18.2 Å². The van der Waals surface area contributed by atoms with Gasteiger partial charge in [-0.3, -0.25) is 14.5 Å². The molecule has 0 spiro atoms. The first-order valence-corrected chi connectivity index (χ1v) is 7.58. The first kappa shape index (κ1) is 16.4. The molecule has 120 valence electrons. The zero-order valence-corrected chi connectivity index (χ0v) is 12.6. The smallest absolute Gasteiger partial charge is 0.234 e. The molecule has 6 heteroatoms. The molecule has 1 fully saturated rings. The van der Waals surface area contributed by atoms with Crippen molar-refractivity contribution in [1.29, 1.82) is 0 Å². The van der Waals surface area contributed by atoms with E-state index in [4.69, 9.17) is 5.73 Å². The van der Waals surface area contributed by atoms with E-state index in [9.17, 15) is 14.0 Å². The maximum absolute atomic E-state index is 13.4. The van der Waals surface area contributed by atoms with Gasteiger partial charge >= 0.3 is 0 Å². The number of amides is 2. The highest BCUT2D eigenvalue weighted by atomic mass is 19.1. The quantitative estimate of drug-likeness (QED) is 0.811. The lowest BCUT2D eigenvalue weighted by molar-refractivity contribution is -0.126. The van der Waals surface area contributed by atoms with E-state index in [1.807, 2.05) is 4.90 Å². The third kappa shape index (κ3) is 4.80. The van der Waals surface area contributed by atoms with Gasteiger partial charge in [0.2, 0.25) is 11.8 Å². The third-order valence-electron chi connectivity index (χ3n) is 3.95. The molecule has 0 unspecified atom stereocenters. The van der Waals surface area contributed by atoms with Crippen molar-refractivity contribution in [3.05, 3.63) is 35.6 Å². The molecule has 22 heavy (non-hydrogen) atoms. The van der Waals surface area contributed by atoms with Crippen molar-refractivity contribution < 1.29 is 14.0 Å². The van der Waals surface area contributed by atoms with Gasteiger partial charge in [0.15, 0.2) is 0 Å². The van der Waals surface area contributed by atoms with Crippen molar-refractivity contribution in [2.75, 3.05) is 26.2 Å². The number of likely N-dealkylation sites (tertiary alicyclic amines) is 1. The molecule has 1 aromatic carbocycles. The number of carbonyl (C=O) groups is 2.